The highest BCUT2D eigenvalue weighted by Gasteiger charge is 2.28. The molecule has 0 saturated carbocycles. The lowest BCUT2D eigenvalue weighted by Gasteiger charge is -2.29. The molecule has 0 spiro atoms. The van der Waals surface area contributed by atoms with E-state index in [-0.39, 0.29) is 12.1 Å². The Hall–Kier alpha value is -1.75. The van der Waals surface area contributed by atoms with Crippen LogP contribution in [0.25, 0.3) is 0 Å². The number of likely N-dealkylation sites (N-methyl/N-ethyl adjacent to an activating group) is 1. The first kappa shape index (κ1) is 15.6. The van der Waals surface area contributed by atoms with Crippen molar-refractivity contribution in [3.8, 4) is 5.75 Å². The monoisotopic (exact) mass is 292 g/mol. The molecule has 5 nitrogen and oxygen atoms in total. The quantitative estimate of drug-likeness (QED) is 0.894. The number of nitrogens with zero attached hydrogens (tertiary/aromatic N) is 1. The Morgan fingerprint density at radius 3 is 2.86 bits per heavy atom. The van der Waals surface area contributed by atoms with Crippen LogP contribution >= 0.6 is 0 Å². The molecule has 2 rings (SSSR count). The van der Waals surface area contributed by atoms with E-state index in [2.05, 4.69) is 5.32 Å². The third kappa shape index (κ3) is 3.88. The van der Waals surface area contributed by atoms with Gasteiger partial charge in [0.1, 0.15) is 12.4 Å². The van der Waals surface area contributed by atoms with E-state index in [4.69, 9.17) is 4.74 Å². The van der Waals surface area contributed by atoms with Gasteiger partial charge in [-0.2, -0.15) is 0 Å². The average molecular weight is 292 g/mol. The fourth-order valence-corrected chi connectivity index (χ4v) is 2.49. The molecular formula is C16H24N2O3. The number of fused-ring (bicyclic) bond motifs is 1. The van der Waals surface area contributed by atoms with Gasteiger partial charge in [0.25, 0.3) is 0 Å². The summed E-state index contributed by atoms with van der Waals surface area (Å²) in [4.78, 5) is 14.0. The van der Waals surface area contributed by atoms with Gasteiger partial charge in [0, 0.05) is 12.1 Å². The average Bonchev–Trinajstić information content (AvgIpc) is 2.77. The summed E-state index contributed by atoms with van der Waals surface area (Å²) >= 11 is 0. The van der Waals surface area contributed by atoms with Crippen LogP contribution < -0.4 is 10.1 Å². The fourth-order valence-electron chi connectivity index (χ4n) is 2.49. The SMILES string of the molecule is CCN(CC(C)(C)O)C(=O)NC1COc2ccc(C)cc21. The van der Waals surface area contributed by atoms with Gasteiger partial charge in [-0.25, -0.2) is 4.79 Å². The van der Waals surface area contributed by atoms with Crippen LogP contribution in [0, 0.1) is 6.92 Å². The van der Waals surface area contributed by atoms with E-state index < -0.39 is 5.60 Å². The summed E-state index contributed by atoms with van der Waals surface area (Å²) in [6, 6.07) is 5.66. The minimum atomic E-state index is -0.909. The minimum absolute atomic E-state index is 0.136. The number of hydrogen-bond donors (Lipinski definition) is 2. The second-order valence-electron chi connectivity index (χ2n) is 6.18. The molecule has 2 N–H and O–H groups in total. The van der Waals surface area contributed by atoms with Gasteiger partial charge >= 0.3 is 6.03 Å². The summed E-state index contributed by atoms with van der Waals surface area (Å²) in [5.41, 5.74) is 1.25. The molecule has 0 saturated heterocycles. The smallest absolute Gasteiger partial charge is 0.318 e. The zero-order chi connectivity index (χ0) is 15.6. The number of nitrogens with one attached hydrogen (secondary N) is 1. The fraction of sp³-hybridized carbons (Fsp3) is 0.562. The van der Waals surface area contributed by atoms with Crippen molar-refractivity contribution in [2.24, 2.45) is 0 Å². The van der Waals surface area contributed by atoms with Crippen LogP contribution in [0.3, 0.4) is 0 Å². The molecule has 0 aliphatic carbocycles. The first-order valence-corrected chi connectivity index (χ1v) is 7.31. The molecule has 1 aromatic rings. The second-order valence-corrected chi connectivity index (χ2v) is 6.18. The minimum Gasteiger partial charge on any atom is -0.491 e. The normalized spacial score (nSPS) is 17.1. The number of aryl methyl sites for hydroxylation is 1. The molecule has 5 heteroatoms. The molecule has 1 atom stereocenters. The van der Waals surface area contributed by atoms with Crippen molar-refractivity contribution < 1.29 is 14.6 Å². The predicted molar refractivity (Wildman–Crippen MR) is 81.5 cm³/mol. The molecule has 1 heterocycles. The zero-order valence-electron chi connectivity index (χ0n) is 13.1. The van der Waals surface area contributed by atoms with Crippen molar-refractivity contribution in [3.05, 3.63) is 29.3 Å². The molecule has 2 amide bonds. The largest absolute Gasteiger partial charge is 0.491 e. The zero-order valence-corrected chi connectivity index (χ0v) is 13.1. The maximum Gasteiger partial charge on any atom is 0.318 e. The Morgan fingerprint density at radius 1 is 1.52 bits per heavy atom. The van der Waals surface area contributed by atoms with Crippen LogP contribution in [-0.4, -0.2) is 41.3 Å². The first-order valence-electron chi connectivity index (χ1n) is 7.31. The lowest BCUT2D eigenvalue weighted by molar-refractivity contribution is 0.0474. The molecule has 21 heavy (non-hydrogen) atoms. The Morgan fingerprint density at radius 2 is 2.24 bits per heavy atom. The van der Waals surface area contributed by atoms with Gasteiger partial charge in [-0.3, -0.25) is 0 Å². The van der Waals surface area contributed by atoms with E-state index in [0.717, 1.165) is 16.9 Å². The van der Waals surface area contributed by atoms with Gasteiger partial charge in [0.05, 0.1) is 18.2 Å². The van der Waals surface area contributed by atoms with Gasteiger partial charge in [0.2, 0.25) is 0 Å². The Bertz CT molecular complexity index is 523. The molecule has 0 bridgehead atoms. The van der Waals surface area contributed by atoms with Crippen LogP contribution in [0.2, 0.25) is 0 Å². The lowest BCUT2D eigenvalue weighted by atomic mass is 10.1. The molecule has 1 aliphatic heterocycles. The van der Waals surface area contributed by atoms with Gasteiger partial charge in [0.15, 0.2) is 0 Å². The third-order valence-corrected chi connectivity index (χ3v) is 3.49. The molecule has 1 unspecified atom stereocenters. The highest BCUT2D eigenvalue weighted by atomic mass is 16.5. The highest BCUT2D eigenvalue weighted by molar-refractivity contribution is 5.75. The summed E-state index contributed by atoms with van der Waals surface area (Å²) in [7, 11) is 0. The molecule has 0 radical (unpaired) electrons. The number of amides is 2. The van der Waals surface area contributed by atoms with Gasteiger partial charge in [-0.15, -0.1) is 0 Å². The summed E-state index contributed by atoms with van der Waals surface area (Å²) in [6.45, 7) is 8.59. The Balaban J connectivity index is 2.06. The lowest BCUT2D eigenvalue weighted by Crippen LogP contribution is -2.47. The number of benzene rings is 1. The highest BCUT2D eigenvalue weighted by Crippen LogP contribution is 2.32. The predicted octanol–water partition coefficient (Wildman–Crippen LogP) is 2.23. The van der Waals surface area contributed by atoms with Gasteiger partial charge in [-0.1, -0.05) is 17.7 Å². The van der Waals surface area contributed by atoms with E-state index in [1.165, 1.54) is 0 Å². The summed E-state index contributed by atoms with van der Waals surface area (Å²) in [5, 5.41) is 12.9. The third-order valence-electron chi connectivity index (χ3n) is 3.49. The number of hydrogen-bond acceptors (Lipinski definition) is 3. The van der Waals surface area contributed by atoms with E-state index in [1.54, 1.807) is 18.7 Å². The van der Waals surface area contributed by atoms with Crippen molar-refractivity contribution in [1.29, 1.82) is 0 Å². The van der Waals surface area contributed by atoms with E-state index >= 15 is 0 Å². The topological polar surface area (TPSA) is 61.8 Å². The van der Waals surface area contributed by atoms with Crippen LogP contribution in [0.1, 0.15) is 37.9 Å². The van der Waals surface area contributed by atoms with Crippen molar-refractivity contribution in [3.63, 3.8) is 0 Å². The van der Waals surface area contributed by atoms with Crippen molar-refractivity contribution in [2.75, 3.05) is 19.7 Å². The Labute approximate surface area is 125 Å². The van der Waals surface area contributed by atoms with E-state index in [9.17, 15) is 9.90 Å². The number of carbonyl (C=O) groups is 1. The van der Waals surface area contributed by atoms with Crippen LogP contribution in [0.15, 0.2) is 18.2 Å². The number of ether oxygens (including phenoxy) is 1. The maximum atomic E-state index is 12.4. The van der Waals surface area contributed by atoms with Crippen molar-refractivity contribution >= 4 is 6.03 Å². The van der Waals surface area contributed by atoms with Gasteiger partial charge in [-0.05, 0) is 33.8 Å². The number of carbonyl (C=O) groups excluding carboxylic acids is 1. The van der Waals surface area contributed by atoms with E-state index in [0.29, 0.717) is 19.7 Å². The molecule has 116 valence electrons. The molecule has 1 aromatic carbocycles. The summed E-state index contributed by atoms with van der Waals surface area (Å²) in [5.74, 6) is 0.830. The summed E-state index contributed by atoms with van der Waals surface area (Å²) in [6.07, 6.45) is 0. The maximum absolute atomic E-state index is 12.4. The van der Waals surface area contributed by atoms with E-state index in [1.807, 2.05) is 32.0 Å². The molecule has 0 aromatic heterocycles. The number of rotatable bonds is 4. The second kappa shape index (κ2) is 5.93. The standard InChI is InChI=1S/C16H24N2O3/c1-5-18(10-16(3,4)20)15(19)17-13-9-21-14-7-6-11(2)8-12(13)14/h6-8,13,20H,5,9-10H2,1-4H3,(H,17,19). The van der Waals surface area contributed by atoms with Gasteiger partial charge < -0.3 is 20.1 Å². The van der Waals surface area contributed by atoms with Crippen LogP contribution in [-0.2, 0) is 0 Å². The Kier molecular flexibility index (Phi) is 4.42. The van der Waals surface area contributed by atoms with Crippen LogP contribution in [0.5, 0.6) is 5.75 Å². The molecule has 1 aliphatic rings. The summed E-state index contributed by atoms with van der Waals surface area (Å²) < 4.78 is 5.60. The van der Waals surface area contributed by atoms with Crippen molar-refractivity contribution in [2.45, 2.75) is 39.3 Å². The molecule has 0 fully saturated rings. The number of aliphatic hydroxyl groups is 1. The van der Waals surface area contributed by atoms with Crippen LogP contribution in [0.4, 0.5) is 4.79 Å². The molecular weight excluding hydrogens is 268 g/mol. The number of urea groups is 1. The first-order chi connectivity index (χ1) is 9.80. The van der Waals surface area contributed by atoms with Crippen molar-refractivity contribution in [1.82, 2.24) is 10.2 Å².